The molecule has 3 aliphatic rings. The van der Waals surface area contributed by atoms with Crippen molar-refractivity contribution in [3.8, 4) is 33.4 Å². The first-order chi connectivity index (χ1) is 25.3. The van der Waals surface area contributed by atoms with Gasteiger partial charge in [-0.1, -0.05) is 127 Å². The molecular formula is C49H33NO. The van der Waals surface area contributed by atoms with Gasteiger partial charge in [-0.05, 0) is 111 Å². The highest BCUT2D eigenvalue weighted by molar-refractivity contribution is 6.01. The van der Waals surface area contributed by atoms with Gasteiger partial charge < -0.3 is 9.32 Å². The fraction of sp³-hybridized carbons (Fsp3) is 0.0612. The number of hydrogen-bond donors (Lipinski definition) is 0. The molecule has 51 heavy (non-hydrogen) atoms. The smallest absolute Gasteiger partial charge is 0.136 e. The van der Waals surface area contributed by atoms with Crippen LogP contribution in [0.3, 0.4) is 0 Å². The summed E-state index contributed by atoms with van der Waals surface area (Å²) >= 11 is 0. The number of nitrogens with zero attached hydrogens (tertiary/aromatic N) is 1. The van der Waals surface area contributed by atoms with Crippen LogP contribution in [0.4, 0.5) is 17.1 Å². The number of rotatable bonds is 4. The third-order valence-electron chi connectivity index (χ3n) is 11.3. The molecule has 240 valence electrons. The summed E-state index contributed by atoms with van der Waals surface area (Å²) in [4.78, 5) is 2.43. The number of fused-ring (bicyclic) bond motifs is 13. The lowest BCUT2D eigenvalue weighted by molar-refractivity contribution is 0.572. The van der Waals surface area contributed by atoms with Crippen LogP contribution in [0.15, 0.2) is 168 Å². The van der Waals surface area contributed by atoms with Gasteiger partial charge >= 0.3 is 0 Å². The van der Waals surface area contributed by atoms with E-state index in [1.807, 2.05) is 0 Å². The Morgan fingerprint density at radius 1 is 0.471 bits per heavy atom. The maximum Gasteiger partial charge on any atom is 0.136 e. The molecule has 2 heteroatoms. The summed E-state index contributed by atoms with van der Waals surface area (Å²) in [5.41, 5.74) is 17.9. The first kappa shape index (κ1) is 28.5. The van der Waals surface area contributed by atoms with Crippen molar-refractivity contribution in [1.29, 1.82) is 0 Å². The van der Waals surface area contributed by atoms with Gasteiger partial charge in [0.2, 0.25) is 0 Å². The second-order valence-corrected chi connectivity index (χ2v) is 13.9. The lowest BCUT2D eigenvalue weighted by Crippen LogP contribution is -2.26. The summed E-state index contributed by atoms with van der Waals surface area (Å²) in [6.45, 7) is 0. The molecule has 0 atom stereocenters. The Labute approximate surface area is 296 Å². The lowest BCUT2D eigenvalue weighted by Gasteiger charge is -2.31. The van der Waals surface area contributed by atoms with Gasteiger partial charge in [-0.3, -0.25) is 0 Å². The topological polar surface area (TPSA) is 16.4 Å². The maximum absolute atomic E-state index is 6.29. The Morgan fingerprint density at radius 3 is 1.80 bits per heavy atom. The molecule has 0 radical (unpaired) electrons. The van der Waals surface area contributed by atoms with Crippen LogP contribution in [0, 0.1) is 0 Å². The van der Waals surface area contributed by atoms with Gasteiger partial charge in [0.15, 0.2) is 0 Å². The fourth-order valence-corrected chi connectivity index (χ4v) is 9.24. The molecule has 0 amide bonds. The van der Waals surface area contributed by atoms with Gasteiger partial charge in [0.1, 0.15) is 11.0 Å². The zero-order valence-corrected chi connectivity index (χ0v) is 28.0. The van der Waals surface area contributed by atoms with Crippen LogP contribution < -0.4 is 15.5 Å². The molecule has 1 heterocycles. The normalized spacial score (nSPS) is 14.2. The third-order valence-corrected chi connectivity index (χ3v) is 11.3. The van der Waals surface area contributed by atoms with Crippen molar-refractivity contribution in [2.45, 2.75) is 18.3 Å². The summed E-state index contributed by atoms with van der Waals surface area (Å²) < 4.78 is 6.29. The van der Waals surface area contributed by atoms with Gasteiger partial charge in [0, 0.05) is 27.5 Å². The van der Waals surface area contributed by atoms with E-state index in [0.717, 1.165) is 46.3 Å². The first-order valence-electron chi connectivity index (χ1n) is 17.9. The van der Waals surface area contributed by atoms with Crippen molar-refractivity contribution < 1.29 is 4.42 Å². The van der Waals surface area contributed by atoms with Crippen LogP contribution in [0.2, 0.25) is 0 Å². The van der Waals surface area contributed by atoms with E-state index in [1.54, 1.807) is 0 Å². The fourth-order valence-electron chi connectivity index (χ4n) is 9.24. The van der Waals surface area contributed by atoms with Gasteiger partial charge in [0.05, 0.1) is 11.1 Å². The Balaban J connectivity index is 1.11. The lowest BCUT2D eigenvalue weighted by atomic mass is 9.70. The minimum Gasteiger partial charge on any atom is -0.456 e. The molecule has 2 nitrogen and oxygen atoms in total. The Kier molecular flexibility index (Phi) is 6.03. The molecule has 8 aromatic rings. The number of para-hydroxylation sites is 1. The molecule has 3 aliphatic carbocycles. The maximum atomic E-state index is 6.29. The van der Waals surface area contributed by atoms with Crippen LogP contribution in [-0.4, -0.2) is 0 Å². The van der Waals surface area contributed by atoms with E-state index in [2.05, 4.69) is 181 Å². The Hall–Kier alpha value is -6.38. The summed E-state index contributed by atoms with van der Waals surface area (Å²) in [7, 11) is 0. The van der Waals surface area contributed by atoms with Crippen LogP contribution in [0.1, 0.15) is 35.1 Å². The van der Waals surface area contributed by atoms with Crippen LogP contribution >= 0.6 is 0 Å². The zero-order chi connectivity index (χ0) is 33.5. The summed E-state index contributed by atoms with van der Waals surface area (Å²) in [5, 5.41) is 2.43. The van der Waals surface area contributed by atoms with E-state index in [0.29, 0.717) is 0 Å². The summed E-state index contributed by atoms with van der Waals surface area (Å²) in [6, 6.07) is 60.4. The van der Waals surface area contributed by atoms with Gasteiger partial charge in [-0.25, -0.2) is 0 Å². The van der Waals surface area contributed by atoms with Gasteiger partial charge in [-0.2, -0.15) is 0 Å². The van der Waals surface area contributed by atoms with E-state index in [9.17, 15) is 0 Å². The molecule has 11 rings (SSSR count). The zero-order valence-electron chi connectivity index (χ0n) is 28.0. The van der Waals surface area contributed by atoms with E-state index < -0.39 is 0 Å². The second-order valence-electron chi connectivity index (χ2n) is 13.9. The Bertz CT molecular complexity index is 2760. The van der Waals surface area contributed by atoms with Crippen molar-refractivity contribution in [1.82, 2.24) is 0 Å². The third kappa shape index (κ3) is 3.93. The minimum absolute atomic E-state index is 0.388. The molecule has 0 N–H and O–H groups in total. The minimum atomic E-state index is -0.388. The summed E-state index contributed by atoms with van der Waals surface area (Å²) in [5.74, 6) is 0. The van der Waals surface area contributed by atoms with E-state index in [-0.39, 0.29) is 5.41 Å². The molecule has 0 unspecified atom stereocenters. The average Bonchev–Trinajstić information content (AvgIpc) is 3.83. The highest BCUT2D eigenvalue weighted by Gasteiger charge is 2.52. The SMILES string of the molecule is C1=c2oc3cc(-c4ccc(N(c5ccccc5)c5cccc6c5-c5ccccc5C65c6ccccc6-c6ccccc65)cc4)ccc3c2=CCC1. The molecule has 0 saturated heterocycles. The quantitative estimate of drug-likeness (QED) is 0.188. The molecule has 0 aliphatic heterocycles. The molecule has 0 fully saturated rings. The van der Waals surface area contributed by atoms with Crippen LogP contribution in [0.25, 0.3) is 56.5 Å². The van der Waals surface area contributed by atoms with Gasteiger partial charge in [-0.15, -0.1) is 0 Å². The predicted octanol–water partition coefficient (Wildman–Crippen LogP) is 11.3. The van der Waals surface area contributed by atoms with E-state index >= 15 is 0 Å². The van der Waals surface area contributed by atoms with E-state index in [4.69, 9.17) is 4.42 Å². The standard InChI is InChI=1S/C49H33NO/c1-2-13-34(14-3-1)50(35-28-25-32(26-29-35)33-27-30-39-38-17-7-11-24-46(38)51-47(39)31-33)45-23-12-22-44-48(45)40-18-6-10-21-43(40)49(44)41-19-8-4-15-36(41)37-16-5-9-20-42(37)49/h1-6,8-10,12-31H,7,11H2. The number of hydrogen-bond acceptors (Lipinski definition) is 2. The number of furan rings is 1. The predicted molar refractivity (Wildman–Crippen MR) is 210 cm³/mol. The van der Waals surface area contributed by atoms with Crippen LogP contribution in [-0.2, 0) is 5.41 Å². The van der Waals surface area contributed by atoms with Gasteiger partial charge in [0.25, 0.3) is 0 Å². The molecule has 1 aromatic heterocycles. The molecular weight excluding hydrogens is 619 g/mol. The highest BCUT2D eigenvalue weighted by atomic mass is 16.3. The van der Waals surface area contributed by atoms with Crippen molar-refractivity contribution >= 4 is 40.2 Å². The van der Waals surface area contributed by atoms with Crippen molar-refractivity contribution in [3.63, 3.8) is 0 Å². The monoisotopic (exact) mass is 651 g/mol. The van der Waals surface area contributed by atoms with E-state index in [1.165, 1.54) is 60.8 Å². The van der Waals surface area contributed by atoms with Crippen molar-refractivity contribution in [3.05, 3.63) is 197 Å². The molecule has 1 spiro atoms. The highest BCUT2D eigenvalue weighted by Crippen LogP contribution is 2.64. The first-order valence-corrected chi connectivity index (χ1v) is 17.9. The molecule has 0 saturated carbocycles. The van der Waals surface area contributed by atoms with Crippen molar-refractivity contribution in [2.24, 2.45) is 0 Å². The molecule has 7 aromatic carbocycles. The van der Waals surface area contributed by atoms with Crippen molar-refractivity contribution in [2.75, 3.05) is 4.90 Å². The number of anilines is 3. The largest absolute Gasteiger partial charge is 0.456 e. The summed E-state index contributed by atoms with van der Waals surface area (Å²) in [6.07, 6.45) is 6.63. The number of benzene rings is 7. The van der Waals surface area contributed by atoms with Crippen LogP contribution in [0.5, 0.6) is 0 Å². The second kappa shape index (κ2) is 10.8. The molecule has 0 bridgehead atoms. The Morgan fingerprint density at radius 2 is 1.06 bits per heavy atom. The average molecular weight is 652 g/mol.